The van der Waals surface area contributed by atoms with Crippen LogP contribution >= 0.6 is 11.6 Å². The zero-order chi connectivity index (χ0) is 20.5. The van der Waals surface area contributed by atoms with Gasteiger partial charge in [0.05, 0.1) is 29.0 Å². The van der Waals surface area contributed by atoms with Crippen molar-refractivity contribution in [3.05, 3.63) is 47.5 Å². The second-order valence-electron chi connectivity index (χ2n) is 7.44. The van der Waals surface area contributed by atoms with E-state index in [0.717, 1.165) is 47.2 Å². The molecule has 8 nitrogen and oxygen atoms in total. The average molecular weight is 424 g/mol. The Hall–Kier alpha value is -2.97. The van der Waals surface area contributed by atoms with Crippen LogP contribution in [0.25, 0.3) is 22.1 Å². The summed E-state index contributed by atoms with van der Waals surface area (Å²) in [5, 5.41) is 8.58. The summed E-state index contributed by atoms with van der Waals surface area (Å²) in [5.74, 6) is 1.49. The number of H-pyrrole nitrogens is 1. The number of para-hydroxylation sites is 1. The number of hydrogen-bond donors (Lipinski definition) is 3. The molecule has 2 atom stereocenters. The number of halogens is 1. The Balaban J connectivity index is 1.50. The first-order valence-corrected chi connectivity index (χ1v) is 10.4. The first-order valence-electron chi connectivity index (χ1n) is 10.0. The second kappa shape index (κ2) is 8.04. The van der Waals surface area contributed by atoms with Gasteiger partial charge < -0.3 is 20.4 Å². The molecule has 0 radical (unpaired) electrons. The Morgan fingerprint density at radius 1 is 1.27 bits per heavy atom. The first-order chi connectivity index (χ1) is 14.7. The summed E-state index contributed by atoms with van der Waals surface area (Å²) in [6.45, 7) is 3.61. The van der Waals surface area contributed by atoms with Crippen LogP contribution in [-0.4, -0.2) is 44.2 Å². The summed E-state index contributed by atoms with van der Waals surface area (Å²) < 4.78 is 5.76. The van der Waals surface area contributed by atoms with Crippen LogP contribution < -0.4 is 10.6 Å². The predicted molar refractivity (Wildman–Crippen MR) is 118 cm³/mol. The molecular formula is C21H22ClN7O. The summed E-state index contributed by atoms with van der Waals surface area (Å²) in [7, 11) is 0. The van der Waals surface area contributed by atoms with Gasteiger partial charge in [0.2, 0.25) is 0 Å². The Morgan fingerprint density at radius 2 is 2.20 bits per heavy atom. The van der Waals surface area contributed by atoms with E-state index in [9.17, 15) is 0 Å². The monoisotopic (exact) mass is 423 g/mol. The molecule has 3 N–H and O–H groups in total. The Bertz CT molecular complexity index is 1190. The van der Waals surface area contributed by atoms with E-state index in [1.54, 1.807) is 6.33 Å². The van der Waals surface area contributed by atoms with Crippen LogP contribution in [0.2, 0.25) is 5.02 Å². The maximum atomic E-state index is 6.41. The van der Waals surface area contributed by atoms with Crippen LogP contribution in [0, 0.1) is 0 Å². The molecule has 0 amide bonds. The third kappa shape index (κ3) is 3.64. The van der Waals surface area contributed by atoms with Gasteiger partial charge in [-0.2, -0.15) is 0 Å². The summed E-state index contributed by atoms with van der Waals surface area (Å²) >= 11 is 6.41. The molecule has 4 heterocycles. The minimum absolute atomic E-state index is 0.0747. The van der Waals surface area contributed by atoms with E-state index < -0.39 is 0 Å². The van der Waals surface area contributed by atoms with Gasteiger partial charge >= 0.3 is 0 Å². The minimum atomic E-state index is -0.0747. The number of fused-ring (bicyclic) bond motifs is 2. The molecule has 5 rings (SSSR count). The number of hydrogen-bond acceptors (Lipinski definition) is 7. The number of nitrogens with zero attached hydrogens (tertiary/aromatic N) is 4. The summed E-state index contributed by atoms with van der Waals surface area (Å²) in [6, 6.07) is 7.86. The van der Waals surface area contributed by atoms with Crippen molar-refractivity contribution in [2.24, 2.45) is 0 Å². The molecule has 0 unspecified atom stereocenters. The lowest BCUT2D eigenvalue weighted by molar-refractivity contribution is 0.120. The van der Waals surface area contributed by atoms with E-state index in [2.05, 4.69) is 43.6 Å². The van der Waals surface area contributed by atoms with Crippen molar-refractivity contribution in [1.29, 1.82) is 0 Å². The molecule has 9 heteroatoms. The van der Waals surface area contributed by atoms with Crippen LogP contribution in [0.15, 0.2) is 36.9 Å². The molecule has 1 aromatic carbocycles. The zero-order valence-electron chi connectivity index (χ0n) is 16.5. The molecule has 0 spiro atoms. The fourth-order valence-corrected chi connectivity index (χ4v) is 4.05. The number of nitrogens with one attached hydrogen (secondary N) is 3. The van der Waals surface area contributed by atoms with Crippen LogP contribution in [-0.2, 0) is 4.74 Å². The number of anilines is 2. The Labute approximate surface area is 178 Å². The lowest BCUT2D eigenvalue weighted by Crippen LogP contribution is -2.21. The lowest BCUT2D eigenvalue weighted by atomic mass is 10.1. The van der Waals surface area contributed by atoms with E-state index >= 15 is 0 Å². The fourth-order valence-electron chi connectivity index (χ4n) is 3.82. The van der Waals surface area contributed by atoms with Gasteiger partial charge in [0.1, 0.15) is 17.7 Å². The summed E-state index contributed by atoms with van der Waals surface area (Å²) in [4.78, 5) is 20.7. The molecule has 1 fully saturated rings. The second-order valence-corrected chi connectivity index (χ2v) is 7.85. The Kier molecular flexibility index (Phi) is 5.10. The van der Waals surface area contributed by atoms with Crippen molar-refractivity contribution >= 4 is 45.3 Å². The third-order valence-electron chi connectivity index (χ3n) is 5.39. The topological polar surface area (TPSA) is 101 Å². The normalized spacial score (nSPS) is 17.5. The SMILES string of the molecule is C[C@@H](Nc1ncnc2nc[nH]c12)c1cc2cccc(Cl)c2nc1NC[C@@H]1CCCO1. The lowest BCUT2D eigenvalue weighted by Gasteiger charge is -2.21. The van der Waals surface area contributed by atoms with Gasteiger partial charge in [-0.15, -0.1) is 0 Å². The van der Waals surface area contributed by atoms with Crippen LogP contribution in [0.3, 0.4) is 0 Å². The van der Waals surface area contributed by atoms with E-state index in [1.807, 2.05) is 18.2 Å². The molecule has 0 bridgehead atoms. The molecule has 0 aliphatic carbocycles. The van der Waals surface area contributed by atoms with Crippen molar-refractivity contribution in [1.82, 2.24) is 24.9 Å². The highest BCUT2D eigenvalue weighted by Gasteiger charge is 2.20. The average Bonchev–Trinajstić information content (AvgIpc) is 3.44. The van der Waals surface area contributed by atoms with Gasteiger partial charge in [0, 0.05) is 24.1 Å². The molecule has 30 heavy (non-hydrogen) atoms. The smallest absolute Gasteiger partial charge is 0.182 e. The first kappa shape index (κ1) is 19.0. The molecular weight excluding hydrogens is 402 g/mol. The summed E-state index contributed by atoms with van der Waals surface area (Å²) in [5.41, 5.74) is 3.20. The van der Waals surface area contributed by atoms with Crippen molar-refractivity contribution < 1.29 is 4.74 Å². The van der Waals surface area contributed by atoms with E-state index in [1.165, 1.54) is 6.33 Å². The largest absolute Gasteiger partial charge is 0.376 e. The number of rotatable bonds is 6. The number of pyridine rings is 1. The van der Waals surface area contributed by atoms with Gasteiger partial charge in [0.25, 0.3) is 0 Å². The molecule has 1 aliphatic heterocycles. The minimum Gasteiger partial charge on any atom is -0.376 e. The fraction of sp³-hybridized carbons (Fsp3) is 0.333. The molecule has 4 aromatic rings. The van der Waals surface area contributed by atoms with Crippen LogP contribution in [0.4, 0.5) is 11.6 Å². The summed E-state index contributed by atoms with van der Waals surface area (Å²) in [6.07, 6.45) is 5.48. The van der Waals surface area contributed by atoms with Gasteiger partial charge in [-0.3, -0.25) is 0 Å². The van der Waals surface area contributed by atoms with Gasteiger partial charge in [-0.25, -0.2) is 19.9 Å². The van der Waals surface area contributed by atoms with Crippen molar-refractivity contribution in [2.45, 2.75) is 31.9 Å². The Morgan fingerprint density at radius 3 is 3.07 bits per heavy atom. The number of aromatic amines is 1. The molecule has 154 valence electrons. The van der Waals surface area contributed by atoms with E-state index in [4.69, 9.17) is 21.3 Å². The standard InChI is InChI=1S/C21H22ClN7O/c1-12(28-21-18-20(25-10-24-18)26-11-27-21)15-8-13-4-2-6-16(22)17(13)29-19(15)23-9-14-5-3-7-30-14/h2,4,6,8,10-12,14H,3,5,7,9H2,1H3,(H,23,29)(H2,24,25,26,27,28)/t12-,14+/m1/s1. The maximum absolute atomic E-state index is 6.41. The number of benzene rings is 1. The number of imidazole rings is 1. The van der Waals surface area contributed by atoms with E-state index in [0.29, 0.717) is 23.0 Å². The van der Waals surface area contributed by atoms with Crippen molar-refractivity contribution in [3.63, 3.8) is 0 Å². The molecule has 1 saturated heterocycles. The maximum Gasteiger partial charge on any atom is 0.182 e. The number of aromatic nitrogens is 5. The van der Waals surface area contributed by atoms with Crippen LogP contribution in [0.5, 0.6) is 0 Å². The predicted octanol–water partition coefficient (Wildman–Crippen LogP) is 4.32. The van der Waals surface area contributed by atoms with Gasteiger partial charge in [-0.1, -0.05) is 23.7 Å². The quantitative estimate of drug-likeness (QED) is 0.424. The van der Waals surface area contributed by atoms with Crippen LogP contribution in [0.1, 0.15) is 31.4 Å². The highest BCUT2D eigenvalue weighted by Crippen LogP contribution is 2.32. The zero-order valence-corrected chi connectivity index (χ0v) is 17.3. The highest BCUT2D eigenvalue weighted by atomic mass is 35.5. The molecule has 1 aliphatic rings. The van der Waals surface area contributed by atoms with Gasteiger partial charge in [0.15, 0.2) is 11.5 Å². The molecule has 0 saturated carbocycles. The van der Waals surface area contributed by atoms with E-state index in [-0.39, 0.29) is 12.1 Å². The van der Waals surface area contributed by atoms with Gasteiger partial charge in [-0.05, 0) is 31.9 Å². The highest BCUT2D eigenvalue weighted by molar-refractivity contribution is 6.35. The third-order valence-corrected chi connectivity index (χ3v) is 5.69. The number of ether oxygens (including phenoxy) is 1. The van der Waals surface area contributed by atoms with Crippen molar-refractivity contribution in [2.75, 3.05) is 23.8 Å². The van der Waals surface area contributed by atoms with Crippen molar-refractivity contribution in [3.8, 4) is 0 Å². The molecule has 3 aromatic heterocycles.